The number of pyridine rings is 1. The fourth-order valence-electron chi connectivity index (χ4n) is 1.52. The fourth-order valence-corrected chi connectivity index (χ4v) is 1.52. The molecule has 0 amide bonds. The van der Waals surface area contributed by atoms with Crippen molar-refractivity contribution in [2.75, 3.05) is 0 Å². The van der Waals surface area contributed by atoms with Crippen LogP contribution in [0.15, 0.2) is 18.2 Å². The van der Waals surface area contributed by atoms with Crippen LogP contribution in [-0.2, 0) is 0 Å². The summed E-state index contributed by atoms with van der Waals surface area (Å²) in [4.78, 5) is 15.7. The van der Waals surface area contributed by atoms with Crippen molar-refractivity contribution in [1.82, 2.24) is 4.98 Å². The number of carbonyl (C=O) groups excluding carboxylic acids is 1. The predicted molar refractivity (Wildman–Crippen MR) is 55.2 cm³/mol. The average Bonchev–Trinajstić information content (AvgIpc) is 3.10. The molecule has 0 atom stereocenters. The second-order valence-electron chi connectivity index (χ2n) is 3.93. The molecule has 2 rings (SSSR count). The van der Waals surface area contributed by atoms with Crippen LogP contribution in [0.25, 0.3) is 0 Å². The predicted octanol–water partition coefficient (Wildman–Crippen LogP) is 2.33. The molecule has 0 spiro atoms. The molecule has 0 saturated heterocycles. The number of ketones is 1. The van der Waals surface area contributed by atoms with Gasteiger partial charge in [-0.1, -0.05) is 18.9 Å². The summed E-state index contributed by atoms with van der Waals surface area (Å²) < 4.78 is 0. The van der Waals surface area contributed by atoms with E-state index >= 15 is 0 Å². The lowest BCUT2D eigenvalue weighted by Gasteiger charge is -1.99. The summed E-state index contributed by atoms with van der Waals surface area (Å²) in [6.07, 6.45) is 4.06. The van der Waals surface area contributed by atoms with Crippen molar-refractivity contribution in [3.05, 3.63) is 29.6 Å². The largest absolute Gasteiger partial charge is 0.292 e. The minimum atomic E-state index is 0.0546. The van der Waals surface area contributed by atoms with Crippen LogP contribution < -0.4 is 0 Å². The fraction of sp³-hybridized carbons (Fsp3) is 0.417. The number of hydrogen-bond donors (Lipinski definition) is 0. The monoisotopic (exact) mass is 200 g/mol. The van der Waals surface area contributed by atoms with E-state index in [1.807, 2.05) is 6.07 Å². The van der Waals surface area contributed by atoms with Gasteiger partial charge in [0.25, 0.3) is 0 Å². The van der Waals surface area contributed by atoms with Gasteiger partial charge in [0.05, 0.1) is 0 Å². The molecule has 1 aromatic heterocycles. The lowest BCUT2D eigenvalue weighted by Crippen LogP contribution is -2.03. The van der Waals surface area contributed by atoms with Crippen LogP contribution in [0.1, 0.15) is 41.9 Å². The Bertz CT molecular complexity index is 416. The average molecular weight is 200 g/mol. The summed E-state index contributed by atoms with van der Waals surface area (Å²) in [6, 6.07) is 6.93. The SMILES string of the molecule is N#Cc1cccc(C(=O)CCC2CC2)n1. The van der Waals surface area contributed by atoms with E-state index in [1.165, 1.54) is 12.8 Å². The molecule has 15 heavy (non-hydrogen) atoms. The summed E-state index contributed by atoms with van der Waals surface area (Å²) >= 11 is 0. The van der Waals surface area contributed by atoms with E-state index in [1.54, 1.807) is 18.2 Å². The maximum atomic E-state index is 11.7. The van der Waals surface area contributed by atoms with Crippen molar-refractivity contribution in [3.63, 3.8) is 0 Å². The normalized spacial score (nSPS) is 14.6. The van der Waals surface area contributed by atoms with Crippen molar-refractivity contribution in [2.45, 2.75) is 25.7 Å². The minimum Gasteiger partial charge on any atom is -0.292 e. The summed E-state index contributed by atoms with van der Waals surface area (Å²) in [5.74, 6) is 0.812. The second kappa shape index (κ2) is 4.22. The molecular formula is C12H12N2O. The molecule has 3 heteroatoms. The van der Waals surface area contributed by atoms with Crippen molar-refractivity contribution >= 4 is 5.78 Å². The van der Waals surface area contributed by atoms with Gasteiger partial charge in [-0.05, 0) is 24.5 Å². The first-order chi connectivity index (χ1) is 7.29. The second-order valence-corrected chi connectivity index (χ2v) is 3.93. The van der Waals surface area contributed by atoms with E-state index in [4.69, 9.17) is 5.26 Å². The molecule has 3 nitrogen and oxygen atoms in total. The van der Waals surface area contributed by atoms with E-state index in [2.05, 4.69) is 4.98 Å². The molecule has 1 aromatic rings. The van der Waals surface area contributed by atoms with Gasteiger partial charge in [-0.2, -0.15) is 5.26 Å². The van der Waals surface area contributed by atoms with E-state index in [9.17, 15) is 4.79 Å². The smallest absolute Gasteiger partial charge is 0.181 e. The lowest BCUT2D eigenvalue weighted by molar-refractivity contribution is 0.0973. The van der Waals surface area contributed by atoms with Gasteiger partial charge in [0.15, 0.2) is 5.78 Å². The van der Waals surface area contributed by atoms with E-state index < -0.39 is 0 Å². The first-order valence-electron chi connectivity index (χ1n) is 5.20. The van der Waals surface area contributed by atoms with Crippen molar-refractivity contribution in [3.8, 4) is 6.07 Å². The maximum Gasteiger partial charge on any atom is 0.181 e. The van der Waals surface area contributed by atoms with Crippen LogP contribution in [0, 0.1) is 17.2 Å². The Morgan fingerprint density at radius 3 is 3.00 bits per heavy atom. The molecule has 0 N–H and O–H groups in total. The number of carbonyl (C=O) groups is 1. The molecule has 1 fully saturated rings. The third-order valence-electron chi connectivity index (χ3n) is 2.63. The number of aromatic nitrogens is 1. The molecule has 1 saturated carbocycles. The molecule has 1 heterocycles. The molecule has 0 radical (unpaired) electrons. The van der Waals surface area contributed by atoms with Crippen LogP contribution in [0.5, 0.6) is 0 Å². The Kier molecular flexibility index (Phi) is 2.77. The zero-order valence-electron chi connectivity index (χ0n) is 8.44. The minimum absolute atomic E-state index is 0.0546. The number of rotatable bonds is 4. The Hall–Kier alpha value is -1.69. The van der Waals surface area contributed by atoms with Crippen molar-refractivity contribution in [1.29, 1.82) is 5.26 Å². The third-order valence-corrected chi connectivity index (χ3v) is 2.63. The van der Waals surface area contributed by atoms with Crippen LogP contribution in [0.2, 0.25) is 0 Å². The molecule has 0 unspecified atom stereocenters. The van der Waals surface area contributed by atoms with E-state index in [-0.39, 0.29) is 5.78 Å². The van der Waals surface area contributed by atoms with Gasteiger partial charge in [0.2, 0.25) is 0 Å². The highest BCUT2D eigenvalue weighted by molar-refractivity contribution is 5.94. The maximum absolute atomic E-state index is 11.7. The zero-order valence-corrected chi connectivity index (χ0v) is 8.44. The Morgan fingerprint density at radius 1 is 1.53 bits per heavy atom. The molecular weight excluding hydrogens is 188 g/mol. The summed E-state index contributed by atoms with van der Waals surface area (Å²) in [5.41, 5.74) is 0.738. The highest BCUT2D eigenvalue weighted by Crippen LogP contribution is 2.33. The molecule has 0 aliphatic heterocycles. The van der Waals surface area contributed by atoms with Crippen LogP contribution >= 0.6 is 0 Å². The van der Waals surface area contributed by atoms with Gasteiger partial charge >= 0.3 is 0 Å². The van der Waals surface area contributed by atoms with Crippen molar-refractivity contribution in [2.24, 2.45) is 5.92 Å². The van der Waals surface area contributed by atoms with Gasteiger partial charge in [0.1, 0.15) is 17.5 Å². The standard InChI is InChI=1S/C12H12N2O/c13-8-10-2-1-3-11(14-10)12(15)7-6-9-4-5-9/h1-3,9H,4-7H2. The van der Waals surface area contributed by atoms with Gasteiger partial charge in [-0.3, -0.25) is 4.79 Å². The highest BCUT2D eigenvalue weighted by atomic mass is 16.1. The summed E-state index contributed by atoms with van der Waals surface area (Å²) in [5, 5.41) is 8.65. The number of hydrogen-bond acceptors (Lipinski definition) is 3. The first kappa shape index (κ1) is 9.85. The molecule has 0 bridgehead atoms. The van der Waals surface area contributed by atoms with Gasteiger partial charge < -0.3 is 0 Å². The zero-order chi connectivity index (χ0) is 10.7. The van der Waals surface area contributed by atoms with Crippen LogP contribution in [0.3, 0.4) is 0 Å². The Balaban J connectivity index is 2.00. The lowest BCUT2D eigenvalue weighted by atomic mass is 10.1. The summed E-state index contributed by atoms with van der Waals surface area (Å²) in [6.45, 7) is 0. The third kappa shape index (κ3) is 2.63. The quantitative estimate of drug-likeness (QED) is 0.701. The number of nitrogens with zero attached hydrogens (tertiary/aromatic N) is 2. The van der Waals surface area contributed by atoms with Gasteiger partial charge in [0, 0.05) is 6.42 Å². The van der Waals surface area contributed by atoms with Crippen LogP contribution in [-0.4, -0.2) is 10.8 Å². The topological polar surface area (TPSA) is 53.8 Å². The molecule has 76 valence electrons. The molecule has 0 aromatic carbocycles. The van der Waals surface area contributed by atoms with E-state index in [0.717, 1.165) is 12.3 Å². The summed E-state index contributed by atoms with van der Waals surface area (Å²) in [7, 11) is 0. The molecule has 1 aliphatic carbocycles. The molecule has 1 aliphatic rings. The highest BCUT2D eigenvalue weighted by Gasteiger charge is 2.22. The van der Waals surface area contributed by atoms with Crippen LogP contribution in [0.4, 0.5) is 0 Å². The van der Waals surface area contributed by atoms with Crippen molar-refractivity contribution < 1.29 is 4.79 Å². The number of nitriles is 1. The number of Topliss-reactive ketones (excluding diaryl/α,β-unsaturated/α-hetero) is 1. The first-order valence-corrected chi connectivity index (χ1v) is 5.20. The Morgan fingerprint density at radius 2 is 2.33 bits per heavy atom. The Labute approximate surface area is 88.8 Å². The van der Waals surface area contributed by atoms with E-state index in [0.29, 0.717) is 17.8 Å². The van der Waals surface area contributed by atoms with Gasteiger partial charge in [-0.25, -0.2) is 4.98 Å². The van der Waals surface area contributed by atoms with Gasteiger partial charge in [-0.15, -0.1) is 0 Å².